The van der Waals surface area contributed by atoms with Crippen molar-refractivity contribution in [1.29, 1.82) is 0 Å². The fourth-order valence-corrected chi connectivity index (χ4v) is 4.40. The molecular weight excluding hydrogens is 382 g/mol. The van der Waals surface area contributed by atoms with E-state index in [-0.39, 0.29) is 5.91 Å². The van der Waals surface area contributed by atoms with Gasteiger partial charge in [0.15, 0.2) is 0 Å². The number of aromatic nitrogens is 2. The molecule has 0 saturated carbocycles. The minimum atomic E-state index is 0.0244. The first-order valence-electron chi connectivity index (χ1n) is 9.86. The van der Waals surface area contributed by atoms with Crippen LogP contribution in [0.2, 0.25) is 0 Å². The molecule has 0 saturated heterocycles. The summed E-state index contributed by atoms with van der Waals surface area (Å²) in [7, 11) is 1.84. The van der Waals surface area contributed by atoms with Crippen LogP contribution in [0, 0.1) is 27.7 Å². The van der Waals surface area contributed by atoms with Crippen LogP contribution in [-0.2, 0) is 19.7 Å². The van der Waals surface area contributed by atoms with E-state index < -0.39 is 0 Å². The van der Waals surface area contributed by atoms with Crippen LogP contribution in [0.15, 0.2) is 29.6 Å². The van der Waals surface area contributed by atoms with Crippen molar-refractivity contribution in [3.63, 3.8) is 0 Å². The van der Waals surface area contributed by atoms with Gasteiger partial charge < -0.3 is 9.64 Å². The van der Waals surface area contributed by atoms with E-state index in [2.05, 4.69) is 18.9 Å². The summed E-state index contributed by atoms with van der Waals surface area (Å²) in [5, 5.41) is 6.55. The van der Waals surface area contributed by atoms with Gasteiger partial charge >= 0.3 is 0 Å². The van der Waals surface area contributed by atoms with Gasteiger partial charge in [0.2, 0.25) is 0 Å². The second-order valence-electron chi connectivity index (χ2n) is 7.46. The SMILES string of the molecule is CCn1nc(C)c(CN(C)C(=O)c2cc(COc3c(C)cccc3C)cs2)c1C. The number of benzene rings is 1. The van der Waals surface area contributed by atoms with E-state index in [0.717, 1.165) is 50.8 Å². The minimum Gasteiger partial charge on any atom is -0.488 e. The summed E-state index contributed by atoms with van der Waals surface area (Å²) in [6.45, 7) is 12.1. The van der Waals surface area contributed by atoms with E-state index >= 15 is 0 Å². The molecule has 0 N–H and O–H groups in total. The van der Waals surface area contributed by atoms with Crippen LogP contribution in [0.1, 0.15) is 50.2 Å². The third-order valence-corrected chi connectivity index (χ3v) is 6.20. The lowest BCUT2D eigenvalue weighted by atomic mass is 10.1. The standard InChI is InChI=1S/C23H29N3O2S/c1-7-26-18(5)20(17(4)24-26)12-25(6)23(27)21-11-19(14-29-21)13-28-22-15(2)9-8-10-16(22)3/h8-11,14H,7,12-13H2,1-6H3. The predicted molar refractivity (Wildman–Crippen MR) is 118 cm³/mol. The van der Waals surface area contributed by atoms with Gasteiger partial charge in [-0.05, 0) is 57.2 Å². The maximum Gasteiger partial charge on any atom is 0.263 e. The minimum absolute atomic E-state index is 0.0244. The van der Waals surface area contributed by atoms with Crippen LogP contribution in [0.5, 0.6) is 5.75 Å². The summed E-state index contributed by atoms with van der Waals surface area (Å²) < 4.78 is 8.00. The first-order valence-corrected chi connectivity index (χ1v) is 10.7. The number of thiophene rings is 1. The zero-order valence-electron chi connectivity index (χ0n) is 18.1. The third kappa shape index (κ3) is 4.53. The molecule has 2 aromatic heterocycles. The van der Waals surface area contributed by atoms with Gasteiger partial charge in [-0.25, -0.2) is 0 Å². The molecule has 0 unspecified atom stereocenters. The molecule has 0 fully saturated rings. The quantitative estimate of drug-likeness (QED) is 0.547. The van der Waals surface area contributed by atoms with E-state index in [4.69, 9.17) is 4.74 Å². The summed E-state index contributed by atoms with van der Waals surface area (Å²) in [6.07, 6.45) is 0. The van der Waals surface area contributed by atoms with Crippen molar-refractivity contribution in [3.05, 3.63) is 68.2 Å². The van der Waals surface area contributed by atoms with Gasteiger partial charge in [-0.15, -0.1) is 11.3 Å². The average Bonchev–Trinajstić information content (AvgIpc) is 3.26. The second kappa shape index (κ2) is 8.82. The van der Waals surface area contributed by atoms with Gasteiger partial charge in [0.05, 0.1) is 10.6 Å². The smallest absolute Gasteiger partial charge is 0.263 e. The van der Waals surface area contributed by atoms with E-state index in [1.165, 1.54) is 11.3 Å². The molecular formula is C23H29N3O2S. The Kier molecular flexibility index (Phi) is 6.42. The van der Waals surface area contributed by atoms with Crippen LogP contribution in [-0.4, -0.2) is 27.6 Å². The maximum atomic E-state index is 12.9. The molecule has 3 aromatic rings. The first-order chi connectivity index (χ1) is 13.8. The highest BCUT2D eigenvalue weighted by molar-refractivity contribution is 7.12. The number of hydrogen-bond donors (Lipinski definition) is 0. The Morgan fingerprint density at radius 2 is 1.90 bits per heavy atom. The molecule has 0 radical (unpaired) electrons. The maximum absolute atomic E-state index is 12.9. The molecule has 0 aliphatic rings. The first kappa shape index (κ1) is 21.1. The Hall–Kier alpha value is -2.60. The molecule has 6 heteroatoms. The number of nitrogens with zero attached hydrogens (tertiary/aromatic N) is 3. The van der Waals surface area contributed by atoms with Gasteiger partial charge in [-0.1, -0.05) is 18.2 Å². The zero-order chi connectivity index (χ0) is 21.1. The zero-order valence-corrected chi connectivity index (χ0v) is 18.9. The molecule has 2 heterocycles. The molecule has 1 amide bonds. The highest BCUT2D eigenvalue weighted by Crippen LogP contribution is 2.25. The van der Waals surface area contributed by atoms with E-state index in [1.54, 1.807) is 4.90 Å². The Balaban J connectivity index is 1.66. The van der Waals surface area contributed by atoms with E-state index in [9.17, 15) is 4.79 Å². The molecule has 0 atom stereocenters. The lowest BCUT2D eigenvalue weighted by molar-refractivity contribution is 0.0789. The molecule has 0 aliphatic heterocycles. The largest absolute Gasteiger partial charge is 0.488 e. The number of aryl methyl sites for hydroxylation is 4. The number of carbonyl (C=O) groups excluding carboxylic acids is 1. The van der Waals surface area contributed by atoms with Crippen LogP contribution in [0.3, 0.4) is 0 Å². The average molecular weight is 412 g/mol. The van der Waals surface area contributed by atoms with Crippen molar-refractivity contribution in [1.82, 2.24) is 14.7 Å². The van der Waals surface area contributed by atoms with Gasteiger partial charge in [0, 0.05) is 37.0 Å². The van der Waals surface area contributed by atoms with Crippen molar-refractivity contribution in [2.24, 2.45) is 0 Å². The Bertz CT molecular complexity index is 999. The second-order valence-corrected chi connectivity index (χ2v) is 8.37. The summed E-state index contributed by atoms with van der Waals surface area (Å²) >= 11 is 1.47. The molecule has 5 nitrogen and oxygen atoms in total. The number of hydrogen-bond acceptors (Lipinski definition) is 4. The number of amides is 1. The van der Waals surface area contributed by atoms with Crippen molar-refractivity contribution < 1.29 is 9.53 Å². The number of para-hydroxylation sites is 1. The van der Waals surface area contributed by atoms with Crippen LogP contribution in [0.4, 0.5) is 0 Å². The van der Waals surface area contributed by atoms with Crippen molar-refractivity contribution in [2.45, 2.75) is 54.3 Å². The van der Waals surface area contributed by atoms with Crippen molar-refractivity contribution in [2.75, 3.05) is 7.05 Å². The topological polar surface area (TPSA) is 47.4 Å². The highest BCUT2D eigenvalue weighted by Gasteiger charge is 2.19. The van der Waals surface area contributed by atoms with Gasteiger partial charge in [-0.3, -0.25) is 9.48 Å². The Labute approximate surface area is 176 Å². The van der Waals surface area contributed by atoms with Gasteiger partial charge in [-0.2, -0.15) is 5.10 Å². The van der Waals surface area contributed by atoms with Crippen LogP contribution >= 0.6 is 11.3 Å². The summed E-state index contributed by atoms with van der Waals surface area (Å²) in [5.41, 5.74) is 6.49. The number of carbonyl (C=O) groups is 1. The Morgan fingerprint density at radius 3 is 2.52 bits per heavy atom. The fraction of sp³-hybridized carbons (Fsp3) is 0.391. The van der Waals surface area contributed by atoms with Crippen LogP contribution in [0.25, 0.3) is 0 Å². The summed E-state index contributed by atoms with van der Waals surface area (Å²) in [5.74, 6) is 0.943. The van der Waals surface area contributed by atoms with Crippen LogP contribution < -0.4 is 4.74 Å². The monoisotopic (exact) mass is 411 g/mol. The molecule has 0 spiro atoms. The molecule has 0 aliphatic carbocycles. The molecule has 29 heavy (non-hydrogen) atoms. The van der Waals surface area contributed by atoms with Gasteiger partial charge in [0.1, 0.15) is 12.4 Å². The summed E-state index contributed by atoms with van der Waals surface area (Å²) in [4.78, 5) is 15.4. The fourth-order valence-electron chi connectivity index (χ4n) is 3.51. The normalized spacial score (nSPS) is 11.0. The highest BCUT2D eigenvalue weighted by atomic mass is 32.1. The van der Waals surface area contributed by atoms with Crippen molar-refractivity contribution in [3.8, 4) is 5.75 Å². The predicted octanol–water partition coefficient (Wildman–Crippen LogP) is 5.05. The van der Waals surface area contributed by atoms with E-state index in [0.29, 0.717) is 13.2 Å². The molecule has 154 valence electrons. The van der Waals surface area contributed by atoms with Gasteiger partial charge in [0.25, 0.3) is 5.91 Å². The lowest BCUT2D eigenvalue weighted by Gasteiger charge is -2.16. The molecule has 3 rings (SSSR count). The summed E-state index contributed by atoms with van der Waals surface area (Å²) in [6, 6.07) is 8.06. The number of rotatable bonds is 7. The number of ether oxygens (including phenoxy) is 1. The van der Waals surface area contributed by atoms with Crippen molar-refractivity contribution >= 4 is 17.2 Å². The third-order valence-electron chi connectivity index (χ3n) is 5.23. The molecule has 1 aromatic carbocycles. The Morgan fingerprint density at radius 1 is 1.21 bits per heavy atom. The van der Waals surface area contributed by atoms with E-state index in [1.807, 2.05) is 62.1 Å². The molecule has 0 bridgehead atoms. The lowest BCUT2D eigenvalue weighted by Crippen LogP contribution is -2.26.